The van der Waals surface area contributed by atoms with E-state index in [1.54, 1.807) is 4.90 Å². The number of benzene rings is 2. The first-order valence-corrected chi connectivity index (χ1v) is 10.3. The number of amides is 2. The van der Waals surface area contributed by atoms with E-state index in [2.05, 4.69) is 57.3 Å². The second kappa shape index (κ2) is 8.59. The molecule has 1 atom stereocenters. The van der Waals surface area contributed by atoms with E-state index in [0.29, 0.717) is 12.5 Å². The summed E-state index contributed by atoms with van der Waals surface area (Å²) in [4.78, 5) is 27.2. The molecule has 1 aliphatic rings. The van der Waals surface area contributed by atoms with Crippen molar-refractivity contribution in [1.82, 2.24) is 0 Å². The van der Waals surface area contributed by atoms with Crippen LogP contribution in [0, 0.1) is 5.92 Å². The molecule has 0 radical (unpaired) electrons. The first-order chi connectivity index (χ1) is 13.4. The van der Waals surface area contributed by atoms with Gasteiger partial charge in [-0.05, 0) is 47.6 Å². The van der Waals surface area contributed by atoms with Crippen LogP contribution in [0.5, 0.6) is 0 Å². The van der Waals surface area contributed by atoms with Gasteiger partial charge in [0.1, 0.15) is 0 Å². The fraction of sp³-hybridized carbons (Fsp3) is 0.417. The summed E-state index contributed by atoms with van der Waals surface area (Å²) in [5, 5.41) is 3.12. The Balaban J connectivity index is 1.74. The number of rotatable bonds is 6. The van der Waals surface area contributed by atoms with Crippen molar-refractivity contribution in [3.63, 3.8) is 0 Å². The molecule has 1 heterocycles. The molecule has 1 aliphatic heterocycles. The molecule has 1 unspecified atom stereocenters. The van der Waals surface area contributed by atoms with Gasteiger partial charge in [-0.1, -0.05) is 58.0 Å². The van der Waals surface area contributed by atoms with Crippen LogP contribution < -0.4 is 10.2 Å². The van der Waals surface area contributed by atoms with Gasteiger partial charge in [-0.3, -0.25) is 9.59 Å². The highest BCUT2D eigenvalue weighted by atomic mass is 16.2. The molecule has 1 N–H and O–H groups in total. The molecule has 4 heteroatoms. The maximum Gasteiger partial charge on any atom is 0.229 e. The number of nitrogens with one attached hydrogen (secondary N) is 1. The van der Waals surface area contributed by atoms with E-state index in [4.69, 9.17) is 0 Å². The maximum atomic E-state index is 12.9. The molecule has 2 aromatic carbocycles. The van der Waals surface area contributed by atoms with Gasteiger partial charge in [0.25, 0.3) is 0 Å². The Labute approximate surface area is 167 Å². The molecule has 0 spiro atoms. The number of hydrogen-bond donors (Lipinski definition) is 1. The number of nitrogens with zero attached hydrogens (tertiary/aromatic N) is 1. The van der Waals surface area contributed by atoms with Gasteiger partial charge in [0.15, 0.2) is 0 Å². The lowest BCUT2D eigenvalue weighted by Gasteiger charge is -2.19. The van der Waals surface area contributed by atoms with E-state index in [-0.39, 0.29) is 24.2 Å². The first kappa shape index (κ1) is 20.1. The summed E-state index contributed by atoms with van der Waals surface area (Å²) in [6.45, 7) is 8.91. The molecular weight excluding hydrogens is 348 g/mol. The Kier molecular flexibility index (Phi) is 6.18. The predicted octanol–water partition coefficient (Wildman–Crippen LogP) is 4.93. The highest BCUT2D eigenvalue weighted by molar-refractivity contribution is 6.04. The van der Waals surface area contributed by atoms with E-state index in [0.717, 1.165) is 35.3 Å². The Morgan fingerprint density at radius 3 is 2.21 bits per heavy atom. The molecule has 0 bridgehead atoms. The summed E-state index contributed by atoms with van der Waals surface area (Å²) < 4.78 is 0. The van der Waals surface area contributed by atoms with E-state index in [1.165, 1.54) is 5.56 Å². The van der Waals surface area contributed by atoms with E-state index < -0.39 is 0 Å². The van der Waals surface area contributed by atoms with Gasteiger partial charge in [-0.15, -0.1) is 0 Å². The number of anilines is 2. The topological polar surface area (TPSA) is 49.4 Å². The number of para-hydroxylation sites is 1. The highest BCUT2D eigenvalue weighted by Crippen LogP contribution is 2.29. The van der Waals surface area contributed by atoms with Crippen LogP contribution in [0.2, 0.25) is 0 Å². The zero-order valence-corrected chi connectivity index (χ0v) is 17.3. The predicted molar refractivity (Wildman–Crippen MR) is 115 cm³/mol. The minimum Gasteiger partial charge on any atom is -0.325 e. The van der Waals surface area contributed by atoms with Crippen LogP contribution in [0.25, 0.3) is 0 Å². The second-order valence-electron chi connectivity index (χ2n) is 7.80. The van der Waals surface area contributed by atoms with E-state index >= 15 is 0 Å². The molecule has 3 rings (SSSR count). The van der Waals surface area contributed by atoms with E-state index in [1.807, 2.05) is 18.2 Å². The largest absolute Gasteiger partial charge is 0.325 e. The summed E-state index contributed by atoms with van der Waals surface area (Å²) in [6, 6.07) is 14.2. The van der Waals surface area contributed by atoms with Crippen LogP contribution >= 0.6 is 0 Å². The van der Waals surface area contributed by atoms with Crippen LogP contribution in [0.3, 0.4) is 0 Å². The molecule has 1 fully saturated rings. The van der Waals surface area contributed by atoms with Crippen LogP contribution in [-0.2, 0) is 22.4 Å². The highest BCUT2D eigenvalue weighted by Gasteiger charge is 2.35. The monoisotopic (exact) mass is 378 g/mol. The standard InChI is InChI=1S/C24H30N2O2/c1-5-17-8-7-9-18(6-2)23(17)25-24(28)20-14-22(27)26(15-20)21-12-10-19(11-13-21)16(3)4/h7-13,16,20H,5-6,14-15H2,1-4H3,(H,25,28). The van der Waals surface area contributed by atoms with Crippen LogP contribution in [0.1, 0.15) is 56.7 Å². The third kappa shape index (κ3) is 4.11. The lowest BCUT2D eigenvalue weighted by molar-refractivity contribution is -0.122. The first-order valence-electron chi connectivity index (χ1n) is 10.3. The second-order valence-corrected chi connectivity index (χ2v) is 7.80. The van der Waals surface area contributed by atoms with Crippen molar-refractivity contribution < 1.29 is 9.59 Å². The van der Waals surface area contributed by atoms with Gasteiger partial charge in [0.05, 0.1) is 5.92 Å². The zero-order valence-electron chi connectivity index (χ0n) is 17.3. The molecule has 148 valence electrons. The summed E-state index contributed by atoms with van der Waals surface area (Å²) >= 11 is 0. The average molecular weight is 379 g/mol. The van der Waals surface area contributed by atoms with Crippen LogP contribution in [-0.4, -0.2) is 18.4 Å². The fourth-order valence-corrected chi connectivity index (χ4v) is 3.80. The van der Waals surface area contributed by atoms with Crippen molar-refractivity contribution in [2.24, 2.45) is 5.92 Å². The van der Waals surface area contributed by atoms with Gasteiger partial charge in [-0.25, -0.2) is 0 Å². The Bertz CT molecular complexity index is 833. The summed E-state index contributed by atoms with van der Waals surface area (Å²) in [7, 11) is 0. The summed E-state index contributed by atoms with van der Waals surface area (Å²) in [6.07, 6.45) is 1.98. The lowest BCUT2D eigenvalue weighted by atomic mass is 10.0. The van der Waals surface area contributed by atoms with Gasteiger partial charge in [0, 0.05) is 24.3 Å². The molecule has 0 saturated carbocycles. The van der Waals surface area contributed by atoms with Crippen molar-refractivity contribution in [3.8, 4) is 0 Å². The number of carbonyl (C=O) groups is 2. The average Bonchev–Trinajstić information content (AvgIpc) is 3.10. The van der Waals surface area contributed by atoms with Gasteiger partial charge >= 0.3 is 0 Å². The smallest absolute Gasteiger partial charge is 0.229 e. The quantitative estimate of drug-likeness (QED) is 0.775. The zero-order chi connectivity index (χ0) is 20.3. The van der Waals surface area contributed by atoms with Crippen molar-refractivity contribution in [2.75, 3.05) is 16.8 Å². The molecule has 2 amide bonds. The Morgan fingerprint density at radius 1 is 1.07 bits per heavy atom. The number of aryl methyl sites for hydroxylation is 2. The minimum atomic E-state index is -0.327. The van der Waals surface area contributed by atoms with Crippen LogP contribution in [0.4, 0.5) is 11.4 Å². The van der Waals surface area contributed by atoms with E-state index in [9.17, 15) is 9.59 Å². The molecule has 0 aliphatic carbocycles. The fourth-order valence-electron chi connectivity index (χ4n) is 3.80. The SMILES string of the molecule is CCc1cccc(CC)c1NC(=O)C1CC(=O)N(c2ccc(C(C)C)cc2)C1. The molecule has 4 nitrogen and oxygen atoms in total. The minimum absolute atomic E-state index is 0.0111. The molecule has 0 aromatic heterocycles. The summed E-state index contributed by atoms with van der Waals surface area (Å²) in [5.41, 5.74) is 5.31. The molecule has 28 heavy (non-hydrogen) atoms. The maximum absolute atomic E-state index is 12.9. The van der Waals surface area contributed by atoms with Crippen molar-refractivity contribution in [2.45, 2.75) is 52.9 Å². The Morgan fingerprint density at radius 2 is 1.68 bits per heavy atom. The normalized spacial score (nSPS) is 16.7. The van der Waals surface area contributed by atoms with Gasteiger partial charge in [0.2, 0.25) is 11.8 Å². The van der Waals surface area contributed by atoms with Gasteiger partial charge < -0.3 is 10.2 Å². The number of hydrogen-bond acceptors (Lipinski definition) is 2. The molecule has 2 aromatic rings. The van der Waals surface area contributed by atoms with Crippen molar-refractivity contribution in [3.05, 3.63) is 59.2 Å². The number of carbonyl (C=O) groups excluding carboxylic acids is 2. The van der Waals surface area contributed by atoms with Crippen molar-refractivity contribution >= 4 is 23.2 Å². The van der Waals surface area contributed by atoms with Crippen LogP contribution in [0.15, 0.2) is 42.5 Å². The third-order valence-corrected chi connectivity index (χ3v) is 5.61. The lowest BCUT2D eigenvalue weighted by Crippen LogP contribution is -2.28. The summed E-state index contributed by atoms with van der Waals surface area (Å²) in [5.74, 6) is 0.0716. The Hall–Kier alpha value is -2.62. The van der Waals surface area contributed by atoms with Gasteiger partial charge in [-0.2, -0.15) is 0 Å². The van der Waals surface area contributed by atoms with Crippen molar-refractivity contribution in [1.29, 1.82) is 0 Å². The molecular formula is C24H30N2O2. The molecule has 1 saturated heterocycles. The third-order valence-electron chi connectivity index (χ3n) is 5.61.